The minimum absolute atomic E-state index is 0.165. The van der Waals surface area contributed by atoms with E-state index >= 15 is 0 Å². The van der Waals surface area contributed by atoms with E-state index in [-0.39, 0.29) is 19.1 Å². The SMILES string of the molecule is C=CC[NH+](CC=C)CC(=O)Nc1scc(-c2ccc(C)cc2)c1C(=O)OCC. The first-order valence-electron chi connectivity index (χ1n) is 9.21. The van der Waals surface area contributed by atoms with Gasteiger partial charge in [0.15, 0.2) is 6.54 Å². The lowest BCUT2D eigenvalue weighted by Gasteiger charge is -2.15. The smallest absolute Gasteiger partial charge is 0.341 e. The standard InChI is InChI=1S/C22H26N2O3S/c1-5-12-24(13-6-2)14-19(25)23-21-20(22(26)27-7-3)18(15-28-21)17-10-8-16(4)9-11-17/h5-6,8-11,15H,1-2,7,12-14H2,3-4H3,(H,23,25)/p+1. The Labute approximate surface area is 170 Å². The summed E-state index contributed by atoms with van der Waals surface area (Å²) in [6, 6.07) is 7.91. The molecule has 0 saturated carbocycles. The Morgan fingerprint density at radius 1 is 1.18 bits per heavy atom. The van der Waals surface area contributed by atoms with Crippen molar-refractivity contribution in [1.82, 2.24) is 0 Å². The summed E-state index contributed by atoms with van der Waals surface area (Å²) in [4.78, 5) is 26.2. The largest absolute Gasteiger partial charge is 0.462 e. The number of carbonyl (C=O) groups excluding carboxylic acids is 2. The van der Waals surface area contributed by atoms with Crippen LogP contribution in [0.3, 0.4) is 0 Å². The van der Waals surface area contributed by atoms with Crippen LogP contribution in [-0.2, 0) is 9.53 Å². The van der Waals surface area contributed by atoms with Crippen molar-refractivity contribution in [1.29, 1.82) is 0 Å². The highest BCUT2D eigenvalue weighted by molar-refractivity contribution is 7.15. The topological polar surface area (TPSA) is 59.8 Å². The fourth-order valence-electron chi connectivity index (χ4n) is 2.84. The van der Waals surface area contributed by atoms with E-state index in [2.05, 4.69) is 18.5 Å². The Morgan fingerprint density at radius 3 is 2.39 bits per heavy atom. The lowest BCUT2D eigenvalue weighted by Crippen LogP contribution is -3.12. The van der Waals surface area contributed by atoms with Crippen molar-refractivity contribution >= 4 is 28.2 Å². The second-order valence-electron chi connectivity index (χ2n) is 6.40. The number of thiophene rings is 1. The Balaban J connectivity index is 2.29. The molecular formula is C22H27N2O3S+. The second kappa shape index (κ2) is 10.6. The number of aryl methyl sites for hydroxylation is 1. The third kappa shape index (κ3) is 5.65. The molecule has 0 aliphatic rings. The number of benzene rings is 1. The molecule has 2 rings (SSSR count). The van der Waals surface area contributed by atoms with Gasteiger partial charge < -0.3 is 15.0 Å². The summed E-state index contributed by atoms with van der Waals surface area (Å²) in [5, 5.41) is 5.28. The number of carbonyl (C=O) groups is 2. The lowest BCUT2D eigenvalue weighted by molar-refractivity contribution is -0.879. The van der Waals surface area contributed by atoms with Crippen LogP contribution in [0.25, 0.3) is 11.1 Å². The van der Waals surface area contributed by atoms with Gasteiger partial charge in [-0.2, -0.15) is 0 Å². The molecule has 6 heteroatoms. The molecule has 0 fully saturated rings. The Kier molecular flexibility index (Phi) is 8.17. The molecule has 0 aliphatic heterocycles. The first-order valence-corrected chi connectivity index (χ1v) is 10.1. The Morgan fingerprint density at radius 2 is 1.82 bits per heavy atom. The summed E-state index contributed by atoms with van der Waals surface area (Å²) >= 11 is 1.33. The molecule has 148 valence electrons. The highest BCUT2D eigenvalue weighted by Crippen LogP contribution is 2.36. The van der Waals surface area contributed by atoms with Crippen molar-refractivity contribution in [3.05, 3.63) is 66.1 Å². The summed E-state index contributed by atoms with van der Waals surface area (Å²) in [5.74, 6) is -0.599. The first kappa shape index (κ1) is 21.6. The predicted octanol–water partition coefficient (Wildman–Crippen LogP) is 3.10. The summed E-state index contributed by atoms with van der Waals surface area (Å²) in [7, 11) is 0. The number of anilines is 1. The molecule has 2 N–H and O–H groups in total. The van der Waals surface area contributed by atoms with E-state index in [0.717, 1.165) is 21.6 Å². The summed E-state index contributed by atoms with van der Waals surface area (Å²) in [5.41, 5.74) is 3.21. The molecule has 28 heavy (non-hydrogen) atoms. The average Bonchev–Trinajstić information content (AvgIpc) is 3.06. The third-order valence-corrected chi connectivity index (χ3v) is 5.06. The van der Waals surface area contributed by atoms with Crippen LogP contribution in [0.15, 0.2) is 55.0 Å². The number of hydrogen-bond acceptors (Lipinski definition) is 4. The summed E-state index contributed by atoms with van der Waals surface area (Å²) in [6.45, 7) is 13.1. The van der Waals surface area contributed by atoms with E-state index < -0.39 is 5.97 Å². The van der Waals surface area contributed by atoms with Crippen LogP contribution in [0.4, 0.5) is 5.00 Å². The van der Waals surface area contributed by atoms with E-state index in [1.54, 1.807) is 19.1 Å². The van der Waals surface area contributed by atoms with Gasteiger partial charge in [0, 0.05) is 10.9 Å². The molecule has 0 radical (unpaired) electrons. The predicted molar refractivity (Wildman–Crippen MR) is 115 cm³/mol. The van der Waals surface area contributed by atoms with Gasteiger partial charge in [0.1, 0.15) is 10.6 Å². The number of rotatable bonds is 10. The maximum absolute atomic E-state index is 12.6. The van der Waals surface area contributed by atoms with Crippen LogP contribution >= 0.6 is 11.3 Å². The summed E-state index contributed by atoms with van der Waals surface area (Å²) in [6.07, 6.45) is 3.55. The minimum Gasteiger partial charge on any atom is -0.462 e. The second-order valence-corrected chi connectivity index (χ2v) is 7.28. The molecule has 1 aromatic heterocycles. The van der Waals surface area contributed by atoms with Gasteiger partial charge in [-0.1, -0.05) is 43.0 Å². The quantitative estimate of drug-likeness (QED) is 0.477. The van der Waals surface area contributed by atoms with Gasteiger partial charge in [-0.3, -0.25) is 4.79 Å². The van der Waals surface area contributed by atoms with Gasteiger partial charge in [0.25, 0.3) is 5.91 Å². The van der Waals surface area contributed by atoms with E-state index in [0.29, 0.717) is 23.7 Å². The molecule has 0 bridgehead atoms. The molecule has 1 heterocycles. The van der Waals surface area contributed by atoms with Crippen LogP contribution in [0, 0.1) is 6.92 Å². The van der Waals surface area contributed by atoms with Gasteiger partial charge in [0.2, 0.25) is 0 Å². The number of ether oxygens (including phenoxy) is 1. The molecule has 5 nitrogen and oxygen atoms in total. The normalized spacial score (nSPS) is 10.5. The van der Waals surface area contributed by atoms with Crippen molar-refractivity contribution in [2.75, 3.05) is 31.6 Å². The number of quaternary nitrogens is 1. The molecule has 0 unspecified atom stereocenters. The fraction of sp³-hybridized carbons (Fsp3) is 0.273. The highest BCUT2D eigenvalue weighted by Gasteiger charge is 2.23. The maximum atomic E-state index is 12.6. The van der Waals surface area contributed by atoms with Gasteiger partial charge in [-0.15, -0.1) is 11.3 Å². The molecule has 1 amide bonds. The number of esters is 1. The van der Waals surface area contributed by atoms with Crippen molar-refractivity contribution in [2.24, 2.45) is 0 Å². The van der Waals surface area contributed by atoms with Crippen LogP contribution in [-0.4, -0.2) is 38.1 Å². The number of hydrogen-bond donors (Lipinski definition) is 2. The molecule has 0 saturated heterocycles. The maximum Gasteiger partial charge on any atom is 0.341 e. The lowest BCUT2D eigenvalue weighted by atomic mass is 10.0. The van der Waals surface area contributed by atoms with E-state index in [9.17, 15) is 9.59 Å². The zero-order valence-electron chi connectivity index (χ0n) is 16.4. The van der Waals surface area contributed by atoms with Crippen LogP contribution < -0.4 is 10.2 Å². The first-order chi connectivity index (χ1) is 13.5. The van der Waals surface area contributed by atoms with Crippen LogP contribution in [0.2, 0.25) is 0 Å². The molecule has 0 spiro atoms. The van der Waals surface area contributed by atoms with Crippen molar-refractivity contribution in [3.63, 3.8) is 0 Å². The molecular weight excluding hydrogens is 372 g/mol. The van der Waals surface area contributed by atoms with Crippen molar-refractivity contribution in [2.45, 2.75) is 13.8 Å². The number of amides is 1. The Bertz CT molecular complexity index is 830. The highest BCUT2D eigenvalue weighted by atomic mass is 32.1. The molecule has 0 aliphatic carbocycles. The van der Waals surface area contributed by atoms with Gasteiger partial charge in [-0.05, 0) is 31.6 Å². The monoisotopic (exact) mass is 399 g/mol. The third-order valence-electron chi connectivity index (χ3n) is 4.16. The van der Waals surface area contributed by atoms with Gasteiger partial charge in [0.05, 0.1) is 19.7 Å². The van der Waals surface area contributed by atoms with Crippen molar-refractivity contribution < 1.29 is 19.2 Å². The van der Waals surface area contributed by atoms with E-state index in [4.69, 9.17) is 4.74 Å². The fourth-order valence-corrected chi connectivity index (χ4v) is 3.81. The Hall–Kier alpha value is -2.70. The molecule has 2 aromatic rings. The summed E-state index contributed by atoms with van der Waals surface area (Å²) < 4.78 is 5.24. The zero-order chi connectivity index (χ0) is 20.5. The van der Waals surface area contributed by atoms with Gasteiger partial charge in [-0.25, -0.2) is 4.79 Å². The van der Waals surface area contributed by atoms with E-state index in [1.165, 1.54) is 11.3 Å². The number of nitrogens with one attached hydrogen (secondary N) is 2. The van der Waals surface area contributed by atoms with Crippen LogP contribution in [0.1, 0.15) is 22.8 Å². The van der Waals surface area contributed by atoms with E-state index in [1.807, 2.05) is 36.6 Å². The van der Waals surface area contributed by atoms with Gasteiger partial charge >= 0.3 is 5.97 Å². The molecule has 0 atom stereocenters. The molecule has 1 aromatic carbocycles. The average molecular weight is 400 g/mol. The zero-order valence-corrected chi connectivity index (χ0v) is 17.2. The minimum atomic E-state index is -0.434. The van der Waals surface area contributed by atoms with Crippen molar-refractivity contribution in [3.8, 4) is 11.1 Å². The van der Waals surface area contributed by atoms with Crippen LogP contribution in [0.5, 0.6) is 0 Å².